The molecule has 2 aliphatic rings. The zero-order chi connectivity index (χ0) is 16.4. The van der Waals surface area contributed by atoms with E-state index in [1.807, 2.05) is 4.90 Å². The second kappa shape index (κ2) is 7.05. The molecule has 2 fully saturated rings. The molecule has 6 heteroatoms. The Hall–Kier alpha value is -1.33. The van der Waals surface area contributed by atoms with Gasteiger partial charge in [0.05, 0.1) is 18.1 Å². The minimum atomic E-state index is -0.520. The van der Waals surface area contributed by atoms with Gasteiger partial charge in [-0.2, -0.15) is 0 Å². The summed E-state index contributed by atoms with van der Waals surface area (Å²) in [7, 11) is 0. The summed E-state index contributed by atoms with van der Waals surface area (Å²) in [5.41, 5.74) is 6.18. The van der Waals surface area contributed by atoms with E-state index in [9.17, 15) is 9.18 Å². The highest BCUT2D eigenvalue weighted by Crippen LogP contribution is 2.35. The van der Waals surface area contributed by atoms with Crippen molar-refractivity contribution in [1.29, 1.82) is 0 Å². The molecule has 3 unspecified atom stereocenters. The molecule has 1 aromatic carbocycles. The first kappa shape index (κ1) is 16.5. The average molecular weight is 341 g/mol. The zero-order valence-electron chi connectivity index (χ0n) is 13.0. The van der Waals surface area contributed by atoms with Gasteiger partial charge in [0, 0.05) is 25.2 Å². The molecule has 1 aliphatic heterocycles. The van der Waals surface area contributed by atoms with E-state index in [-0.39, 0.29) is 23.6 Å². The molecule has 1 heterocycles. The number of rotatable bonds is 4. The molecular formula is C17H22ClFN2O2. The van der Waals surface area contributed by atoms with Crippen LogP contribution in [0.15, 0.2) is 18.2 Å². The van der Waals surface area contributed by atoms with Crippen LogP contribution < -0.4 is 10.5 Å². The predicted octanol–water partition coefficient (Wildman–Crippen LogP) is 2.83. The van der Waals surface area contributed by atoms with E-state index >= 15 is 0 Å². The van der Waals surface area contributed by atoms with Gasteiger partial charge in [0.1, 0.15) is 11.6 Å². The number of fused-ring (bicyclic) bond motifs is 1. The summed E-state index contributed by atoms with van der Waals surface area (Å²) in [5, 5.41) is 0.0597. The molecule has 1 aliphatic carbocycles. The quantitative estimate of drug-likeness (QED) is 0.917. The summed E-state index contributed by atoms with van der Waals surface area (Å²) in [6.07, 6.45) is 3.69. The maximum Gasteiger partial charge on any atom is 0.226 e. The van der Waals surface area contributed by atoms with Crippen LogP contribution in [0.5, 0.6) is 5.75 Å². The van der Waals surface area contributed by atoms with E-state index in [0.29, 0.717) is 24.0 Å². The maximum atomic E-state index is 13.3. The molecule has 1 saturated carbocycles. The van der Waals surface area contributed by atoms with E-state index in [4.69, 9.17) is 22.1 Å². The number of carbonyl (C=O) groups excluding carboxylic acids is 1. The lowest BCUT2D eigenvalue weighted by Crippen LogP contribution is -2.38. The number of benzene rings is 1. The van der Waals surface area contributed by atoms with Crippen LogP contribution in [0.25, 0.3) is 0 Å². The first-order chi connectivity index (χ1) is 11.0. The Labute approximate surface area is 140 Å². The molecule has 0 bridgehead atoms. The highest BCUT2D eigenvalue weighted by molar-refractivity contribution is 6.30. The number of nitrogens with zero attached hydrogens (tertiary/aromatic N) is 1. The van der Waals surface area contributed by atoms with Crippen LogP contribution in [0.4, 0.5) is 4.39 Å². The Kier molecular flexibility index (Phi) is 5.07. The van der Waals surface area contributed by atoms with E-state index in [1.54, 1.807) is 6.07 Å². The normalized spacial score (nSPS) is 26.9. The number of hydrogen-bond acceptors (Lipinski definition) is 3. The Morgan fingerprint density at radius 3 is 2.96 bits per heavy atom. The van der Waals surface area contributed by atoms with Crippen molar-refractivity contribution in [3.8, 4) is 5.75 Å². The van der Waals surface area contributed by atoms with Crippen LogP contribution in [0.3, 0.4) is 0 Å². The molecule has 3 atom stereocenters. The van der Waals surface area contributed by atoms with Crippen LogP contribution in [-0.4, -0.2) is 36.5 Å². The van der Waals surface area contributed by atoms with Crippen molar-refractivity contribution in [2.24, 2.45) is 17.6 Å². The van der Waals surface area contributed by atoms with Crippen molar-refractivity contribution in [3.05, 3.63) is 29.0 Å². The van der Waals surface area contributed by atoms with Gasteiger partial charge in [-0.05, 0) is 36.8 Å². The minimum Gasteiger partial charge on any atom is -0.493 e. The largest absolute Gasteiger partial charge is 0.493 e. The van der Waals surface area contributed by atoms with Gasteiger partial charge in [-0.25, -0.2) is 4.39 Å². The number of amides is 1. The fourth-order valence-electron chi connectivity index (χ4n) is 3.70. The highest BCUT2D eigenvalue weighted by atomic mass is 35.5. The Bertz CT molecular complexity index is 584. The molecular weight excluding hydrogens is 319 g/mol. The molecule has 1 aromatic rings. The maximum absolute atomic E-state index is 13.3. The molecule has 0 aromatic heterocycles. The molecule has 4 nitrogen and oxygen atoms in total. The van der Waals surface area contributed by atoms with Crippen molar-refractivity contribution in [2.45, 2.75) is 31.7 Å². The van der Waals surface area contributed by atoms with Crippen molar-refractivity contribution in [2.75, 3.05) is 19.7 Å². The third kappa shape index (κ3) is 3.78. The van der Waals surface area contributed by atoms with Crippen molar-refractivity contribution in [3.63, 3.8) is 0 Å². The Balaban J connectivity index is 1.47. The van der Waals surface area contributed by atoms with Gasteiger partial charge in [-0.15, -0.1) is 0 Å². The minimum absolute atomic E-state index is 0.0597. The number of likely N-dealkylation sites (tertiary alicyclic amines) is 1. The fourth-order valence-corrected chi connectivity index (χ4v) is 3.82. The first-order valence-corrected chi connectivity index (χ1v) is 8.53. The SMILES string of the molecule is NC1CCCC2CN(C(=O)CCOc3ccc(Cl)c(F)c3)CC12. The number of hydrogen-bond donors (Lipinski definition) is 1. The van der Waals surface area contributed by atoms with Crippen LogP contribution in [0.2, 0.25) is 5.02 Å². The average Bonchev–Trinajstić information content (AvgIpc) is 2.96. The number of carbonyl (C=O) groups is 1. The van der Waals surface area contributed by atoms with Crippen molar-refractivity contribution < 1.29 is 13.9 Å². The van der Waals surface area contributed by atoms with Crippen molar-refractivity contribution >= 4 is 17.5 Å². The lowest BCUT2D eigenvalue weighted by atomic mass is 9.78. The van der Waals surface area contributed by atoms with Crippen molar-refractivity contribution in [1.82, 2.24) is 4.90 Å². The summed E-state index contributed by atoms with van der Waals surface area (Å²) in [5.74, 6) is 0.943. The lowest BCUT2D eigenvalue weighted by Gasteiger charge is -2.29. The van der Waals surface area contributed by atoms with Gasteiger partial charge in [-0.3, -0.25) is 4.79 Å². The Morgan fingerprint density at radius 1 is 1.39 bits per heavy atom. The third-order valence-corrected chi connectivity index (χ3v) is 5.29. The summed E-state index contributed by atoms with van der Waals surface area (Å²) in [4.78, 5) is 14.2. The highest BCUT2D eigenvalue weighted by Gasteiger charge is 2.40. The van der Waals surface area contributed by atoms with E-state index in [0.717, 1.165) is 25.9 Å². The summed E-state index contributed by atoms with van der Waals surface area (Å²) in [6, 6.07) is 4.50. The second-order valence-electron chi connectivity index (χ2n) is 6.49. The predicted molar refractivity (Wildman–Crippen MR) is 86.9 cm³/mol. The topological polar surface area (TPSA) is 55.6 Å². The molecule has 2 N–H and O–H groups in total. The molecule has 1 saturated heterocycles. The van der Waals surface area contributed by atoms with Crippen LogP contribution in [0, 0.1) is 17.7 Å². The molecule has 0 spiro atoms. The molecule has 23 heavy (non-hydrogen) atoms. The molecule has 0 radical (unpaired) electrons. The number of nitrogens with two attached hydrogens (primary N) is 1. The van der Waals surface area contributed by atoms with Gasteiger partial charge < -0.3 is 15.4 Å². The number of ether oxygens (including phenoxy) is 1. The van der Waals surface area contributed by atoms with Crippen LogP contribution >= 0.6 is 11.6 Å². The fraction of sp³-hybridized carbons (Fsp3) is 0.588. The molecule has 1 amide bonds. The molecule has 3 rings (SSSR count). The van der Waals surface area contributed by atoms with Gasteiger partial charge in [0.25, 0.3) is 0 Å². The smallest absolute Gasteiger partial charge is 0.226 e. The van der Waals surface area contributed by atoms with E-state index in [2.05, 4.69) is 0 Å². The monoisotopic (exact) mass is 340 g/mol. The van der Waals surface area contributed by atoms with E-state index < -0.39 is 5.82 Å². The summed E-state index contributed by atoms with van der Waals surface area (Å²) in [6.45, 7) is 1.81. The van der Waals surface area contributed by atoms with Gasteiger partial charge in [0.15, 0.2) is 0 Å². The van der Waals surface area contributed by atoms with Crippen LogP contribution in [0.1, 0.15) is 25.7 Å². The second-order valence-corrected chi connectivity index (χ2v) is 6.90. The van der Waals surface area contributed by atoms with Gasteiger partial charge >= 0.3 is 0 Å². The first-order valence-electron chi connectivity index (χ1n) is 8.16. The van der Waals surface area contributed by atoms with E-state index in [1.165, 1.54) is 18.6 Å². The summed E-state index contributed by atoms with van der Waals surface area (Å²) >= 11 is 5.62. The molecule has 126 valence electrons. The number of halogens is 2. The standard InChI is InChI=1S/C17H22ClFN2O2/c18-14-5-4-12(8-15(14)19)23-7-6-17(22)21-9-11-2-1-3-16(20)13(11)10-21/h4-5,8,11,13,16H,1-3,6-7,9-10,20H2. The zero-order valence-corrected chi connectivity index (χ0v) is 13.8. The lowest BCUT2D eigenvalue weighted by molar-refractivity contribution is -0.130. The third-order valence-electron chi connectivity index (χ3n) is 4.98. The summed E-state index contributed by atoms with van der Waals surface area (Å²) < 4.78 is 18.8. The van der Waals surface area contributed by atoms with Crippen LogP contribution in [-0.2, 0) is 4.79 Å². The Morgan fingerprint density at radius 2 is 2.22 bits per heavy atom. The van der Waals surface area contributed by atoms with Gasteiger partial charge in [0.2, 0.25) is 5.91 Å². The van der Waals surface area contributed by atoms with Gasteiger partial charge in [-0.1, -0.05) is 18.0 Å².